The average molecular weight is 413 g/mol. The van der Waals surface area contributed by atoms with Crippen LogP contribution in [0.25, 0.3) is 11.0 Å². The summed E-state index contributed by atoms with van der Waals surface area (Å²) < 4.78 is 17.5. The zero-order valence-corrected chi connectivity index (χ0v) is 17.6. The molecule has 0 radical (unpaired) electrons. The molecular formula is C26H23NO4. The Morgan fingerprint density at radius 2 is 1.74 bits per heavy atom. The number of rotatable bonds is 4. The lowest BCUT2D eigenvalue weighted by atomic mass is 9.99. The topological polar surface area (TPSA) is 51.9 Å². The van der Waals surface area contributed by atoms with Crippen LogP contribution in [0.5, 0.6) is 17.2 Å². The van der Waals surface area contributed by atoms with Crippen LogP contribution in [0.4, 0.5) is 5.69 Å². The molecule has 0 unspecified atom stereocenters. The van der Waals surface area contributed by atoms with E-state index in [0.29, 0.717) is 18.9 Å². The maximum absolute atomic E-state index is 11.9. The van der Waals surface area contributed by atoms with E-state index in [9.17, 15) is 4.79 Å². The first-order chi connectivity index (χ1) is 15.1. The van der Waals surface area contributed by atoms with Crippen molar-refractivity contribution in [2.75, 3.05) is 11.6 Å². The third kappa shape index (κ3) is 3.63. The summed E-state index contributed by atoms with van der Waals surface area (Å²) in [5.41, 5.74) is 4.33. The van der Waals surface area contributed by atoms with Gasteiger partial charge in [0.1, 0.15) is 22.8 Å². The number of benzene rings is 3. The molecule has 1 aliphatic rings. The Hall–Kier alpha value is -3.73. The molecule has 2 heterocycles. The van der Waals surface area contributed by atoms with Gasteiger partial charge in [-0.2, -0.15) is 0 Å². The van der Waals surface area contributed by atoms with Gasteiger partial charge >= 0.3 is 5.63 Å². The number of ether oxygens (including phenoxy) is 2. The standard InChI is InChI=1S/C26H23NO4/c1-3-18-14-24(28)31-26-17(2)25-19(13-23(18)26)15-27(16-29-25)20-9-11-22(12-10-20)30-21-7-5-4-6-8-21/h4-14H,3,15-16H2,1-2H3. The van der Waals surface area contributed by atoms with Crippen molar-refractivity contribution in [3.63, 3.8) is 0 Å². The molecule has 0 bridgehead atoms. The first kappa shape index (κ1) is 19.2. The lowest BCUT2D eigenvalue weighted by Crippen LogP contribution is -2.32. The van der Waals surface area contributed by atoms with Gasteiger partial charge in [0.25, 0.3) is 0 Å². The van der Waals surface area contributed by atoms with Crippen LogP contribution in [-0.2, 0) is 13.0 Å². The Labute approximate surface area is 180 Å². The maximum Gasteiger partial charge on any atom is 0.336 e. The minimum atomic E-state index is -0.317. The van der Waals surface area contributed by atoms with Gasteiger partial charge < -0.3 is 18.8 Å². The van der Waals surface area contributed by atoms with E-state index < -0.39 is 0 Å². The van der Waals surface area contributed by atoms with E-state index in [1.54, 1.807) is 6.07 Å². The molecule has 3 aromatic carbocycles. The Morgan fingerprint density at radius 3 is 2.48 bits per heavy atom. The molecule has 1 aromatic heterocycles. The average Bonchev–Trinajstić information content (AvgIpc) is 2.80. The smallest absolute Gasteiger partial charge is 0.336 e. The fourth-order valence-electron chi connectivity index (χ4n) is 4.09. The van der Waals surface area contributed by atoms with Crippen molar-refractivity contribution in [1.29, 1.82) is 0 Å². The van der Waals surface area contributed by atoms with Gasteiger partial charge in [-0.1, -0.05) is 25.1 Å². The van der Waals surface area contributed by atoms with Crippen LogP contribution in [-0.4, -0.2) is 6.73 Å². The van der Waals surface area contributed by atoms with E-state index in [1.165, 1.54) is 0 Å². The number of aryl methyl sites for hydroxylation is 2. The van der Waals surface area contributed by atoms with E-state index in [1.807, 2.05) is 68.4 Å². The first-order valence-corrected chi connectivity index (χ1v) is 10.4. The molecule has 0 amide bonds. The summed E-state index contributed by atoms with van der Waals surface area (Å²) in [5, 5.41) is 0.982. The van der Waals surface area contributed by atoms with E-state index in [0.717, 1.165) is 51.4 Å². The predicted octanol–water partition coefficient (Wildman–Crippen LogP) is 5.81. The lowest BCUT2D eigenvalue weighted by molar-refractivity contribution is 0.287. The quantitative estimate of drug-likeness (QED) is 0.395. The van der Waals surface area contributed by atoms with Crippen molar-refractivity contribution >= 4 is 16.7 Å². The molecule has 0 saturated carbocycles. The van der Waals surface area contributed by atoms with Gasteiger partial charge in [-0.05, 0) is 61.4 Å². The maximum atomic E-state index is 11.9. The van der Waals surface area contributed by atoms with Crippen LogP contribution in [0.15, 0.2) is 75.9 Å². The molecule has 0 fully saturated rings. The zero-order valence-electron chi connectivity index (χ0n) is 17.6. The van der Waals surface area contributed by atoms with Crippen LogP contribution < -0.4 is 20.0 Å². The number of fused-ring (bicyclic) bond motifs is 2. The highest BCUT2D eigenvalue weighted by atomic mass is 16.5. The number of hydrogen-bond acceptors (Lipinski definition) is 5. The summed E-state index contributed by atoms with van der Waals surface area (Å²) in [5.74, 6) is 2.41. The number of nitrogens with zero attached hydrogens (tertiary/aromatic N) is 1. The molecule has 5 rings (SSSR count). The van der Waals surface area contributed by atoms with E-state index >= 15 is 0 Å². The van der Waals surface area contributed by atoms with E-state index in [4.69, 9.17) is 13.9 Å². The van der Waals surface area contributed by atoms with Gasteiger partial charge in [-0.25, -0.2) is 4.79 Å². The fraction of sp³-hybridized carbons (Fsp3) is 0.192. The number of hydrogen-bond donors (Lipinski definition) is 0. The molecule has 4 aromatic rings. The predicted molar refractivity (Wildman–Crippen MR) is 121 cm³/mol. The third-order valence-electron chi connectivity index (χ3n) is 5.66. The van der Waals surface area contributed by atoms with Gasteiger partial charge in [-0.15, -0.1) is 0 Å². The highest BCUT2D eigenvalue weighted by Gasteiger charge is 2.23. The highest BCUT2D eigenvalue weighted by Crippen LogP contribution is 2.37. The Morgan fingerprint density at radius 1 is 1.00 bits per heavy atom. The molecule has 1 aliphatic heterocycles. The van der Waals surface area contributed by atoms with Crippen molar-refractivity contribution in [2.24, 2.45) is 0 Å². The molecule has 31 heavy (non-hydrogen) atoms. The minimum Gasteiger partial charge on any atom is -0.472 e. The number of para-hydroxylation sites is 1. The lowest BCUT2D eigenvalue weighted by Gasteiger charge is -2.32. The Balaban J connectivity index is 1.43. The molecule has 0 spiro atoms. The van der Waals surface area contributed by atoms with Crippen molar-refractivity contribution in [2.45, 2.75) is 26.8 Å². The summed E-state index contributed by atoms with van der Waals surface area (Å²) in [6.07, 6.45) is 0.772. The van der Waals surface area contributed by atoms with Crippen LogP contribution in [0, 0.1) is 6.92 Å². The summed E-state index contributed by atoms with van der Waals surface area (Å²) in [6.45, 7) is 5.14. The van der Waals surface area contributed by atoms with Gasteiger partial charge in [-0.3, -0.25) is 0 Å². The molecular weight excluding hydrogens is 390 g/mol. The van der Waals surface area contributed by atoms with Gasteiger partial charge in [0.05, 0.1) is 0 Å². The Bertz CT molecular complexity index is 1290. The molecule has 0 N–H and O–H groups in total. The first-order valence-electron chi connectivity index (χ1n) is 10.4. The Kier molecular flexibility index (Phi) is 4.86. The van der Waals surface area contributed by atoms with Gasteiger partial charge in [0, 0.05) is 34.8 Å². The fourth-order valence-corrected chi connectivity index (χ4v) is 4.09. The van der Waals surface area contributed by atoms with Crippen molar-refractivity contribution in [3.05, 3.63) is 93.8 Å². The van der Waals surface area contributed by atoms with E-state index in [2.05, 4.69) is 11.0 Å². The van der Waals surface area contributed by atoms with Crippen molar-refractivity contribution in [1.82, 2.24) is 0 Å². The molecule has 5 nitrogen and oxygen atoms in total. The van der Waals surface area contributed by atoms with Gasteiger partial charge in [0.15, 0.2) is 6.73 Å². The molecule has 156 valence electrons. The second kappa shape index (κ2) is 7.84. The summed E-state index contributed by atoms with van der Waals surface area (Å²) >= 11 is 0. The monoisotopic (exact) mass is 413 g/mol. The largest absolute Gasteiger partial charge is 0.472 e. The van der Waals surface area contributed by atoms with E-state index in [-0.39, 0.29) is 5.63 Å². The van der Waals surface area contributed by atoms with Crippen LogP contribution >= 0.6 is 0 Å². The van der Waals surface area contributed by atoms with Crippen molar-refractivity contribution in [3.8, 4) is 17.2 Å². The van der Waals surface area contributed by atoms with Gasteiger partial charge in [0.2, 0.25) is 0 Å². The molecule has 0 saturated heterocycles. The normalized spacial score (nSPS) is 13.0. The summed E-state index contributed by atoms with van der Waals surface area (Å²) in [6, 6.07) is 21.4. The summed E-state index contributed by atoms with van der Waals surface area (Å²) in [7, 11) is 0. The number of anilines is 1. The second-order valence-corrected chi connectivity index (χ2v) is 7.69. The zero-order chi connectivity index (χ0) is 21.4. The van der Waals surface area contributed by atoms with Crippen LogP contribution in [0.1, 0.15) is 23.6 Å². The van der Waals surface area contributed by atoms with Crippen molar-refractivity contribution < 1.29 is 13.9 Å². The second-order valence-electron chi connectivity index (χ2n) is 7.69. The minimum absolute atomic E-state index is 0.317. The highest BCUT2D eigenvalue weighted by molar-refractivity contribution is 5.86. The van der Waals surface area contributed by atoms with Crippen LogP contribution in [0.3, 0.4) is 0 Å². The third-order valence-corrected chi connectivity index (χ3v) is 5.66. The molecule has 5 heteroatoms. The molecule has 0 atom stereocenters. The summed E-state index contributed by atoms with van der Waals surface area (Å²) in [4.78, 5) is 14.1. The van der Waals surface area contributed by atoms with Crippen LogP contribution in [0.2, 0.25) is 0 Å². The SMILES string of the molecule is CCc1cc(=O)oc2c(C)c3c(cc12)CN(c1ccc(Oc2ccccc2)cc1)CO3. The molecule has 0 aliphatic carbocycles.